The van der Waals surface area contributed by atoms with E-state index in [-0.39, 0.29) is 23.4 Å². The van der Waals surface area contributed by atoms with E-state index in [1.165, 1.54) is 6.07 Å². The highest BCUT2D eigenvalue weighted by Crippen LogP contribution is 2.30. The van der Waals surface area contributed by atoms with Crippen molar-refractivity contribution < 1.29 is 13.6 Å². The SMILES string of the molecule is CCN(C(=O)c1ccc(F)cc1F)C1CCCC1CN. The van der Waals surface area contributed by atoms with Crippen LogP contribution < -0.4 is 5.73 Å². The lowest BCUT2D eigenvalue weighted by Crippen LogP contribution is -2.44. The molecule has 0 saturated heterocycles. The van der Waals surface area contributed by atoms with Gasteiger partial charge in [-0.2, -0.15) is 0 Å². The van der Waals surface area contributed by atoms with Crippen molar-refractivity contribution in [3.63, 3.8) is 0 Å². The van der Waals surface area contributed by atoms with Gasteiger partial charge in [0.05, 0.1) is 5.56 Å². The monoisotopic (exact) mass is 282 g/mol. The van der Waals surface area contributed by atoms with Crippen LogP contribution >= 0.6 is 0 Å². The first-order valence-electron chi connectivity index (χ1n) is 7.04. The van der Waals surface area contributed by atoms with Gasteiger partial charge in [-0.05, 0) is 44.4 Å². The van der Waals surface area contributed by atoms with Crippen LogP contribution in [0.3, 0.4) is 0 Å². The predicted octanol–water partition coefficient (Wildman–Crippen LogP) is 2.55. The molecule has 0 aliphatic heterocycles. The fourth-order valence-corrected chi connectivity index (χ4v) is 3.05. The number of halogens is 2. The maximum atomic E-state index is 13.8. The van der Waals surface area contributed by atoms with Gasteiger partial charge >= 0.3 is 0 Å². The summed E-state index contributed by atoms with van der Waals surface area (Å²) in [7, 11) is 0. The van der Waals surface area contributed by atoms with E-state index in [0.29, 0.717) is 13.1 Å². The van der Waals surface area contributed by atoms with Gasteiger partial charge in [0.15, 0.2) is 0 Å². The van der Waals surface area contributed by atoms with Crippen molar-refractivity contribution in [2.75, 3.05) is 13.1 Å². The Labute approximate surface area is 117 Å². The molecule has 0 radical (unpaired) electrons. The van der Waals surface area contributed by atoms with Crippen LogP contribution in [0.1, 0.15) is 36.5 Å². The third kappa shape index (κ3) is 2.82. The molecule has 1 fully saturated rings. The Morgan fingerprint density at radius 3 is 2.75 bits per heavy atom. The van der Waals surface area contributed by atoms with Crippen LogP contribution in [0.15, 0.2) is 18.2 Å². The Kier molecular flexibility index (Phi) is 4.70. The number of nitrogens with two attached hydrogens (primary N) is 1. The molecule has 0 heterocycles. The van der Waals surface area contributed by atoms with E-state index >= 15 is 0 Å². The molecule has 110 valence electrons. The summed E-state index contributed by atoms with van der Waals surface area (Å²) in [5.74, 6) is -1.60. The normalized spacial score (nSPS) is 22.0. The number of hydrogen-bond donors (Lipinski definition) is 1. The molecular formula is C15H20F2N2O. The first-order chi connectivity index (χ1) is 9.58. The summed E-state index contributed by atoms with van der Waals surface area (Å²) in [6.45, 7) is 2.89. The molecule has 0 spiro atoms. The Bertz CT molecular complexity index is 493. The Morgan fingerprint density at radius 2 is 2.15 bits per heavy atom. The lowest BCUT2D eigenvalue weighted by molar-refractivity contribution is 0.0647. The first kappa shape index (κ1) is 14.9. The second-order valence-electron chi connectivity index (χ2n) is 5.21. The van der Waals surface area contributed by atoms with Crippen LogP contribution in [-0.4, -0.2) is 29.9 Å². The van der Waals surface area contributed by atoms with Crippen LogP contribution in [0.2, 0.25) is 0 Å². The molecule has 5 heteroatoms. The highest BCUT2D eigenvalue weighted by molar-refractivity contribution is 5.94. The molecule has 2 N–H and O–H groups in total. The third-order valence-corrected chi connectivity index (χ3v) is 4.09. The summed E-state index contributed by atoms with van der Waals surface area (Å²) in [5.41, 5.74) is 5.67. The molecule has 0 bridgehead atoms. The van der Waals surface area contributed by atoms with E-state index in [1.807, 2.05) is 6.92 Å². The highest BCUT2D eigenvalue weighted by Gasteiger charge is 2.34. The molecule has 1 saturated carbocycles. The standard InChI is InChI=1S/C15H20F2N2O/c1-2-19(14-5-3-4-10(14)9-18)15(20)12-7-6-11(16)8-13(12)17/h6-8,10,14H,2-5,9,18H2,1H3. The topological polar surface area (TPSA) is 46.3 Å². The molecule has 1 aromatic rings. The number of amides is 1. The highest BCUT2D eigenvalue weighted by atomic mass is 19.1. The minimum absolute atomic E-state index is 0.0574. The summed E-state index contributed by atoms with van der Waals surface area (Å²) in [6.07, 6.45) is 2.92. The number of carbonyl (C=O) groups excluding carboxylic acids is 1. The lowest BCUT2D eigenvalue weighted by Gasteiger charge is -2.32. The second-order valence-corrected chi connectivity index (χ2v) is 5.21. The van der Waals surface area contributed by atoms with Gasteiger partial charge in [-0.3, -0.25) is 4.79 Å². The van der Waals surface area contributed by atoms with Crippen LogP contribution in [0, 0.1) is 17.6 Å². The van der Waals surface area contributed by atoms with Crippen molar-refractivity contribution in [3.05, 3.63) is 35.4 Å². The number of hydrogen-bond acceptors (Lipinski definition) is 2. The van der Waals surface area contributed by atoms with Crippen LogP contribution in [-0.2, 0) is 0 Å². The average molecular weight is 282 g/mol. The third-order valence-electron chi connectivity index (χ3n) is 4.09. The molecule has 20 heavy (non-hydrogen) atoms. The summed E-state index contributed by atoms with van der Waals surface area (Å²) in [4.78, 5) is 14.1. The van der Waals surface area contributed by atoms with Crippen molar-refractivity contribution in [2.45, 2.75) is 32.2 Å². The Balaban J connectivity index is 2.24. The molecule has 0 aromatic heterocycles. The van der Waals surface area contributed by atoms with E-state index in [2.05, 4.69) is 0 Å². The zero-order valence-electron chi connectivity index (χ0n) is 11.6. The number of carbonyl (C=O) groups is 1. The molecule has 1 aromatic carbocycles. The van der Waals surface area contributed by atoms with E-state index in [9.17, 15) is 13.6 Å². The number of rotatable bonds is 4. The predicted molar refractivity (Wildman–Crippen MR) is 73.3 cm³/mol. The molecule has 3 nitrogen and oxygen atoms in total. The van der Waals surface area contributed by atoms with E-state index in [4.69, 9.17) is 5.73 Å². The van der Waals surface area contributed by atoms with Gasteiger partial charge in [-0.25, -0.2) is 8.78 Å². The summed E-state index contributed by atoms with van der Waals surface area (Å²) < 4.78 is 26.7. The van der Waals surface area contributed by atoms with Crippen molar-refractivity contribution in [1.29, 1.82) is 0 Å². The zero-order valence-corrected chi connectivity index (χ0v) is 11.6. The van der Waals surface area contributed by atoms with Gasteiger partial charge in [0.2, 0.25) is 0 Å². The minimum atomic E-state index is -0.809. The average Bonchev–Trinajstić information content (AvgIpc) is 2.87. The van der Waals surface area contributed by atoms with Crippen LogP contribution in [0.25, 0.3) is 0 Å². The van der Waals surface area contributed by atoms with Crippen molar-refractivity contribution >= 4 is 5.91 Å². The van der Waals surface area contributed by atoms with Crippen LogP contribution in [0.5, 0.6) is 0 Å². The van der Waals surface area contributed by atoms with E-state index in [1.54, 1.807) is 4.90 Å². The molecule has 1 amide bonds. The fourth-order valence-electron chi connectivity index (χ4n) is 3.05. The van der Waals surface area contributed by atoms with Gasteiger partial charge in [-0.15, -0.1) is 0 Å². The van der Waals surface area contributed by atoms with E-state index in [0.717, 1.165) is 31.4 Å². The number of benzene rings is 1. The van der Waals surface area contributed by atoms with E-state index < -0.39 is 11.6 Å². The molecular weight excluding hydrogens is 262 g/mol. The fraction of sp³-hybridized carbons (Fsp3) is 0.533. The molecule has 2 rings (SSSR count). The lowest BCUT2D eigenvalue weighted by atomic mass is 10.0. The largest absolute Gasteiger partial charge is 0.336 e. The maximum absolute atomic E-state index is 13.8. The van der Waals surface area contributed by atoms with Gasteiger partial charge < -0.3 is 10.6 Å². The Hall–Kier alpha value is -1.49. The van der Waals surface area contributed by atoms with Crippen molar-refractivity contribution in [1.82, 2.24) is 4.90 Å². The summed E-state index contributed by atoms with van der Waals surface area (Å²) >= 11 is 0. The molecule has 2 atom stereocenters. The Morgan fingerprint density at radius 1 is 1.40 bits per heavy atom. The zero-order chi connectivity index (χ0) is 14.7. The van der Waals surface area contributed by atoms with Crippen molar-refractivity contribution in [3.8, 4) is 0 Å². The smallest absolute Gasteiger partial charge is 0.257 e. The van der Waals surface area contributed by atoms with Gasteiger partial charge in [0, 0.05) is 18.7 Å². The van der Waals surface area contributed by atoms with Gasteiger partial charge in [0.1, 0.15) is 11.6 Å². The first-order valence-corrected chi connectivity index (χ1v) is 7.04. The molecule has 1 aliphatic carbocycles. The minimum Gasteiger partial charge on any atom is -0.336 e. The second kappa shape index (κ2) is 6.31. The molecule has 2 unspecified atom stereocenters. The van der Waals surface area contributed by atoms with Crippen molar-refractivity contribution in [2.24, 2.45) is 11.7 Å². The summed E-state index contributed by atoms with van der Waals surface area (Å²) in [5, 5.41) is 0. The van der Waals surface area contributed by atoms with Crippen LogP contribution in [0.4, 0.5) is 8.78 Å². The maximum Gasteiger partial charge on any atom is 0.257 e. The van der Waals surface area contributed by atoms with Gasteiger partial charge in [-0.1, -0.05) is 6.42 Å². The summed E-state index contributed by atoms with van der Waals surface area (Å²) in [6, 6.07) is 3.12. The molecule has 1 aliphatic rings. The number of nitrogens with zero attached hydrogens (tertiary/aromatic N) is 1. The quantitative estimate of drug-likeness (QED) is 0.922. The van der Waals surface area contributed by atoms with Gasteiger partial charge in [0.25, 0.3) is 5.91 Å².